The second-order valence-corrected chi connectivity index (χ2v) is 11.5. The molecule has 7 rings (SSSR count). The molecule has 1 spiro atoms. The monoisotopic (exact) mass is 515 g/mol. The zero-order valence-corrected chi connectivity index (χ0v) is 21.6. The summed E-state index contributed by atoms with van der Waals surface area (Å²) < 4.78 is 21.1. The number of fused-ring (bicyclic) bond motifs is 4. The number of benzene rings is 1. The fourth-order valence-electron chi connectivity index (χ4n) is 6.68. The molecule has 2 fully saturated rings. The van der Waals surface area contributed by atoms with Gasteiger partial charge in [0.1, 0.15) is 17.3 Å². The normalized spacial score (nSPS) is 23.6. The number of ether oxygens (including phenoxy) is 1. The highest BCUT2D eigenvalue weighted by Crippen LogP contribution is 2.54. The van der Waals surface area contributed by atoms with Gasteiger partial charge in [-0.2, -0.15) is 0 Å². The van der Waals surface area contributed by atoms with Gasteiger partial charge in [0.05, 0.1) is 42.1 Å². The standard InChI is InChI=1S/C29H30FN5O3/c1-15-3-4-24(16-7-17-10-29(5-6-29)28(37)34(2)25(17)21(30)8-16)35(12-15)27(36)22-9-18-19-13-38-14-20(19)26(31)33-23(18)11-32-22/h7-9,11,15,24H,3-6,10,12-14H2,1-2H3,(H2,31,33)/t15-,24?/m0/s1. The van der Waals surface area contributed by atoms with Crippen LogP contribution in [0.2, 0.25) is 0 Å². The summed E-state index contributed by atoms with van der Waals surface area (Å²) in [6, 6.07) is 5.05. The van der Waals surface area contributed by atoms with Crippen molar-refractivity contribution in [2.45, 2.75) is 58.3 Å². The van der Waals surface area contributed by atoms with Crippen LogP contribution in [0.4, 0.5) is 15.9 Å². The highest BCUT2D eigenvalue weighted by atomic mass is 19.1. The molecule has 1 aliphatic carbocycles. The summed E-state index contributed by atoms with van der Waals surface area (Å²) in [6.45, 7) is 3.53. The molecule has 3 aromatic rings. The van der Waals surface area contributed by atoms with E-state index in [1.54, 1.807) is 19.3 Å². The third-order valence-electron chi connectivity index (χ3n) is 8.94. The third-order valence-corrected chi connectivity index (χ3v) is 8.94. The number of nitrogen functional groups attached to an aromatic ring is 1. The average Bonchev–Trinajstić information content (AvgIpc) is 3.48. The van der Waals surface area contributed by atoms with E-state index in [1.807, 2.05) is 11.0 Å². The molecule has 0 radical (unpaired) electrons. The van der Waals surface area contributed by atoms with Gasteiger partial charge in [-0.05, 0) is 66.8 Å². The summed E-state index contributed by atoms with van der Waals surface area (Å²) in [6.07, 6.45) is 5.52. The van der Waals surface area contributed by atoms with E-state index in [2.05, 4.69) is 16.9 Å². The van der Waals surface area contributed by atoms with Crippen LogP contribution in [0.15, 0.2) is 24.4 Å². The first-order valence-corrected chi connectivity index (χ1v) is 13.3. The molecule has 2 amide bonds. The van der Waals surface area contributed by atoms with Crippen LogP contribution in [0.1, 0.15) is 71.4 Å². The lowest BCUT2D eigenvalue weighted by atomic mass is 9.84. The van der Waals surface area contributed by atoms with Crippen LogP contribution < -0.4 is 10.6 Å². The Labute approximate surface area is 220 Å². The van der Waals surface area contributed by atoms with Gasteiger partial charge in [-0.1, -0.05) is 13.0 Å². The number of piperidine rings is 1. The van der Waals surface area contributed by atoms with Gasteiger partial charge >= 0.3 is 0 Å². The van der Waals surface area contributed by atoms with E-state index in [0.29, 0.717) is 54.8 Å². The quantitative estimate of drug-likeness (QED) is 0.546. The van der Waals surface area contributed by atoms with E-state index in [0.717, 1.165) is 53.3 Å². The summed E-state index contributed by atoms with van der Waals surface area (Å²) in [5.41, 5.74) is 10.5. The Morgan fingerprint density at radius 2 is 1.97 bits per heavy atom. The minimum absolute atomic E-state index is 0.00968. The molecule has 5 heterocycles. The molecule has 1 saturated carbocycles. The first-order valence-electron chi connectivity index (χ1n) is 13.3. The van der Waals surface area contributed by atoms with E-state index in [4.69, 9.17) is 10.5 Å². The van der Waals surface area contributed by atoms with Gasteiger partial charge in [0.15, 0.2) is 0 Å². The van der Waals surface area contributed by atoms with Crippen LogP contribution in [0, 0.1) is 17.2 Å². The lowest BCUT2D eigenvalue weighted by Crippen LogP contribution is -2.43. The number of nitrogens with two attached hydrogens (primary N) is 1. The number of nitrogens with zero attached hydrogens (tertiary/aromatic N) is 4. The molecular formula is C29H30FN5O3. The predicted octanol–water partition coefficient (Wildman–Crippen LogP) is 4.29. The minimum Gasteiger partial charge on any atom is -0.383 e. The van der Waals surface area contributed by atoms with Gasteiger partial charge in [-0.25, -0.2) is 14.4 Å². The molecule has 3 aliphatic heterocycles. The van der Waals surface area contributed by atoms with Gasteiger partial charge in [-0.15, -0.1) is 0 Å². The van der Waals surface area contributed by atoms with Crippen molar-refractivity contribution < 1.29 is 18.7 Å². The number of aromatic nitrogens is 2. The van der Waals surface area contributed by atoms with E-state index in [-0.39, 0.29) is 23.3 Å². The van der Waals surface area contributed by atoms with E-state index >= 15 is 4.39 Å². The minimum atomic E-state index is -0.405. The largest absolute Gasteiger partial charge is 0.383 e. The molecule has 8 nitrogen and oxygen atoms in total. The smallest absolute Gasteiger partial charge is 0.272 e. The van der Waals surface area contributed by atoms with E-state index in [1.165, 1.54) is 11.0 Å². The fraction of sp³-hybridized carbons (Fsp3) is 0.448. The number of likely N-dealkylation sites (tertiary alicyclic amines) is 1. The van der Waals surface area contributed by atoms with Crippen LogP contribution in [0.3, 0.4) is 0 Å². The van der Waals surface area contributed by atoms with Crippen LogP contribution in [-0.4, -0.2) is 40.3 Å². The molecule has 2 atom stereocenters. The van der Waals surface area contributed by atoms with Gasteiger partial charge in [-0.3, -0.25) is 9.59 Å². The van der Waals surface area contributed by atoms with Crippen LogP contribution in [-0.2, 0) is 29.2 Å². The number of amides is 2. The molecule has 2 aromatic heterocycles. The SMILES string of the molecule is C[C@H]1CCC(c2cc(F)c3c(c2)CC2(CC2)C(=O)N3C)N(C(=O)c2cc3c4c(c(N)nc3cn2)COC4)C1. The van der Waals surface area contributed by atoms with Crippen molar-refractivity contribution in [3.8, 4) is 0 Å². The highest BCUT2D eigenvalue weighted by Gasteiger charge is 2.54. The van der Waals surface area contributed by atoms with Gasteiger partial charge in [0, 0.05) is 24.5 Å². The molecule has 4 aliphatic rings. The summed E-state index contributed by atoms with van der Waals surface area (Å²) in [5.74, 6) is 0.173. The molecule has 0 bridgehead atoms. The van der Waals surface area contributed by atoms with Crippen LogP contribution >= 0.6 is 0 Å². The Morgan fingerprint density at radius 1 is 1.18 bits per heavy atom. The fourth-order valence-corrected chi connectivity index (χ4v) is 6.68. The van der Waals surface area contributed by atoms with Crippen molar-refractivity contribution in [2.24, 2.45) is 11.3 Å². The first-order chi connectivity index (χ1) is 18.3. The number of halogens is 1. The van der Waals surface area contributed by atoms with Crippen LogP contribution in [0.25, 0.3) is 10.9 Å². The second kappa shape index (κ2) is 8.20. The highest BCUT2D eigenvalue weighted by molar-refractivity contribution is 6.02. The maximum atomic E-state index is 15.5. The number of hydrogen-bond donors (Lipinski definition) is 1. The van der Waals surface area contributed by atoms with Crippen molar-refractivity contribution in [3.63, 3.8) is 0 Å². The number of hydrogen-bond acceptors (Lipinski definition) is 6. The summed E-state index contributed by atoms with van der Waals surface area (Å²) in [4.78, 5) is 39.0. The molecule has 1 unspecified atom stereocenters. The van der Waals surface area contributed by atoms with E-state index < -0.39 is 5.82 Å². The summed E-state index contributed by atoms with van der Waals surface area (Å²) in [7, 11) is 1.66. The van der Waals surface area contributed by atoms with Crippen molar-refractivity contribution in [3.05, 3.63) is 58.2 Å². The number of rotatable bonds is 2. The summed E-state index contributed by atoms with van der Waals surface area (Å²) in [5, 5.41) is 0.828. The molecule has 196 valence electrons. The molecule has 1 aromatic carbocycles. The maximum absolute atomic E-state index is 15.5. The van der Waals surface area contributed by atoms with Crippen LogP contribution in [0.5, 0.6) is 0 Å². The van der Waals surface area contributed by atoms with Gasteiger partial charge in [0.2, 0.25) is 5.91 Å². The van der Waals surface area contributed by atoms with Crippen molar-refractivity contribution in [1.82, 2.24) is 14.9 Å². The Hall–Kier alpha value is -3.59. The third kappa shape index (κ3) is 3.44. The molecular weight excluding hydrogens is 485 g/mol. The van der Waals surface area contributed by atoms with Gasteiger partial charge in [0.25, 0.3) is 5.91 Å². The number of carbonyl (C=O) groups excluding carboxylic acids is 2. The first kappa shape index (κ1) is 23.5. The Kier molecular flexibility index (Phi) is 5.08. The number of anilines is 2. The van der Waals surface area contributed by atoms with Crippen molar-refractivity contribution >= 4 is 34.2 Å². The topological polar surface area (TPSA) is 102 Å². The van der Waals surface area contributed by atoms with Crippen molar-refractivity contribution in [2.75, 3.05) is 24.2 Å². The lowest BCUT2D eigenvalue weighted by molar-refractivity contribution is -0.123. The Morgan fingerprint density at radius 3 is 2.76 bits per heavy atom. The van der Waals surface area contributed by atoms with Crippen molar-refractivity contribution in [1.29, 1.82) is 0 Å². The van der Waals surface area contributed by atoms with Gasteiger partial charge < -0.3 is 20.3 Å². The summed E-state index contributed by atoms with van der Waals surface area (Å²) >= 11 is 0. The lowest BCUT2D eigenvalue weighted by Gasteiger charge is -2.40. The molecule has 2 N–H and O–H groups in total. The zero-order valence-electron chi connectivity index (χ0n) is 21.6. The number of carbonyl (C=O) groups is 2. The predicted molar refractivity (Wildman–Crippen MR) is 140 cm³/mol. The Bertz CT molecular complexity index is 1530. The maximum Gasteiger partial charge on any atom is 0.272 e. The number of pyridine rings is 2. The molecule has 38 heavy (non-hydrogen) atoms. The van der Waals surface area contributed by atoms with E-state index in [9.17, 15) is 9.59 Å². The molecule has 9 heteroatoms. The average molecular weight is 516 g/mol. The zero-order chi connectivity index (χ0) is 26.3. The Balaban J connectivity index is 1.27. The molecule has 1 saturated heterocycles. The second-order valence-electron chi connectivity index (χ2n) is 11.5.